The molecule has 37 heavy (non-hydrogen) atoms. The zero-order valence-corrected chi connectivity index (χ0v) is 22.6. The van der Waals surface area contributed by atoms with E-state index < -0.39 is 42.6 Å². The fourth-order valence-corrected chi connectivity index (χ4v) is 2.98. The number of benzene rings is 1. The maximum absolute atomic E-state index is 12.1. The molecule has 1 unspecified atom stereocenters. The Bertz CT molecular complexity index is 913. The minimum Gasteiger partial charge on any atom is -0.480 e. The molecular formula is C26H39NO10. The molecule has 11 nitrogen and oxygen atoms in total. The van der Waals surface area contributed by atoms with Crippen LogP contribution in [0.15, 0.2) is 18.2 Å². The number of aliphatic carboxylic acids is 1. The van der Waals surface area contributed by atoms with Gasteiger partial charge < -0.3 is 34.1 Å². The largest absolute Gasteiger partial charge is 0.514 e. The number of carboxylic acid groups (broad SMARTS) is 1. The van der Waals surface area contributed by atoms with Gasteiger partial charge in [0.25, 0.3) is 0 Å². The first-order valence-electron chi connectivity index (χ1n) is 12.3. The Morgan fingerprint density at radius 3 is 1.92 bits per heavy atom. The number of esters is 1. The molecule has 208 valence electrons. The van der Waals surface area contributed by atoms with E-state index in [9.17, 15) is 24.3 Å². The molecule has 2 N–H and O–H groups in total. The summed E-state index contributed by atoms with van der Waals surface area (Å²) in [5, 5.41) is 12.6. The number of carboxylic acids is 1. The van der Waals surface area contributed by atoms with Gasteiger partial charge in [0.1, 0.15) is 12.1 Å². The molecular weight excluding hydrogens is 486 g/mol. The summed E-state index contributed by atoms with van der Waals surface area (Å²) >= 11 is 0. The molecule has 0 aliphatic rings. The minimum atomic E-state index is -1.12. The monoisotopic (exact) mass is 525 g/mol. The van der Waals surface area contributed by atoms with E-state index in [0.717, 1.165) is 0 Å². The topological polar surface area (TPSA) is 147 Å². The summed E-state index contributed by atoms with van der Waals surface area (Å²) in [7, 11) is 0. The second-order valence-electron chi connectivity index (χ2n) is 9.55. The van der Waals surface area contributed by atoms with Gasteiger partial charge in [0.05, 0.1) is 12.2 Å². The standard InChI is InChI=1S/C26H39NO10/c1-15(2)8-11-23(28)35-18(7)14-27-20(24(29)30)12-19-9-10-21(36-25(31)33-16(3)4)22(13-19)37-26(32)34-17(5)6/h9-10,13,15-18,20,27H,8,11-12,14H2,1-7H3,(H,29,30)/t18?,20-/m0/s1. The highest BCUT2D eigenvalue weighted by molar-refractivity contribution is 5.74. The number of ether oxygens (including phenoxy) is 5. The average Bonchev–Trinajstić information content (AvgIpc) is 2.75. The molecule has 0 aliphatic carbocycles. The second kappa shape index (κ2) is 15.7. The molecule has 0 amide bonds. The molecule has 0 bridgehead atoms. The first kappa shape index (κ1) is 31.7. The van der Waals surface area contributed by atoms with Crippen LogP contribution in [-0.4, -0.2) is 60.3 Å². The van der Waals surface area contributed by atoms with Gasteiger partial charge in [-0.25, -0.2) is 9.59 Å². The highest BCUT2D eigenvalue weighted by Gasteiger charge is 2.22. The molecule has 0 aliphatic heterocycles. The van der Waals surface area contributed by atoms with Gasteiger partial charge in [0.15, 0.2) is 11.5 Å². The van der Waals surface area contributed by atoms with Crippen LogP contribution in [-0.2, 0) is 30.2 Å². The van der Waals surface area contributed by atoms with Crippen LogP contribution in [0.5, 0.6) is 11.5 Å². The predicted octanol–water partition coefficient (Wildman–Crippen LogP) is 4.49. The molecule has 0 fully saturated rings. The summed E-state index contributed by atoms with van der Waals surface area (Å²) in [4.78, 5) is 47.8. The van der Waals surface area contributed by atoms with E-state index in [0.29, 0.717) is 24.3 Å². The summed E-state index contributed by atoms with van der Waals surface area (Å²) in [5.41, 5.74) is 0.471. The number of rotatable bonds is 14. The van der Waals surface area contributed by atoms with E-state index in [1.165, 1.54) is 18.2 Å². The fourth-order valence-electron chi connectivity index (χ4n) is 2.98. The van der Waals surface area contributed by atoms with Crippen LogP contribution in [0, 0.1) is 5.92 Å². The van der Waals surface area contributed by atoms with Gasteiger partial charge >= 0.3 is 24.2 Å². The molecule has 0 aromatic heterocycles. The molecule has 0 spiro atoms. The lowest BCUT2D eigenvalue weighted by molar-refractivity contribution is -0.148. The first-order chi connectivity index (χ1) is 17.3. The zero-order chi connectivity index (χ0) is 28.1. The van der Waals surface area contributed by atoms with Crippen LogP contribution in [0.1, 0.15) is 66.9 Å². The Labute approximate surface area is 217 Å². The van der Waals surface area contributed by atoms with Gasteiger partial charge in [-0.2, -0.15) is 0 Å². The van der Waals surface area contributed by atoms with Gasteiger partial charge in [-0.15, -0.1) is 0 Å². The van der Waals surface area contributed by atoms with Crippen molar-refractivity contribution in [2.24, 2.45) is 5.92 Å². The van der Waals surface area contributed by atoms with E-state index >= 15 is 0 Å². The van der Waals surface area contributed by atoms with Crippen LogP contribution < -0.4 is 14.8 Å². The van der Waals surface area contributed by atoms with Crippen LogP contribution in [0.25, 0.3) is 0 Å². The summed E-state index contributed by atoms with van der Waals surface area (Å²) in [6.07, 6.45) is -2.42. The third kappa shape index (κ3) is 13.5. The summed E-state index contributed by atoms with van der Waals surface area (Å²) in [5.74, 6) is -1.33. The normalized spacial score (nSPS) is 12.7. The van der Waals surface area contributed by atoms with Crippen LogP contribution in [0.4, 0.5) is 9.59 Å². The Balaban J connectivity index is 2.94. The summed E-state index contributed by atoms with van der Waals surface area (Å²) < 4.78 is 25.6. The van der Waals surface area contributed by atoms with Crippen LogP contribution in [0.3, 0.4) is 0 Å². The van der Waals surface area contributed by atoms with Crippen molar-refractivity contribution in [2.75, 3.05) is 6.54 Å². The third-order valence-corrected chi connectivity index (χ3v) is 4.71. The quantitative estimate of drug-likeness (QED) is 0.201. The van der Waals surface area contributed by atoms with Crippen molar-refractivity contribution in [3.63, 3.8) is 0 Å². The smallest absolute Gasteiger partial charge is 0.480 e. The molecule has 11 heteroatoms. The molecule has 1 aromatic rings. The van der Waals surface area contributed by atoms with Crippen LogP contribution >= 0.6 is 0 Å². The lowest BCUT2D eigenvalue weighted by atomic mass is 10.0. The zero-order valence-electron chi connectivity index (χ0n) is 22.6. The SMILES string of the molecule is CC(C)CCC(=O)OC(C)CN[C@@H](Cc1ccc(OC(=O)OC(C)C)c(OC(=O)OC(C)C)c1)C(=O)O. The lowest BCUT2D eigenvalue weighted by Crippen LogP contribution is -2.42. The van der Waals surface area contributed by atoms with Crippen molar-refractivity contribution in [2.45, 2.75) is 92.1 Å². The van der Waals surface area contributed by atoms with Gasteiger partial charge in [-0.3, -0.25) is 9.59 Å². The lowest BCUT2D eigenvalue weighted by Gasteiger charge is -2.19. The van der Waals surface area contributed by atoms with Gasteiger partial charge in [0.2, 0.25) is 0 Å². The molecule has 0 saturated carbocycles. The number of carbonyl (C=O) groups is 4. The fraction of sp³-hybridized carbons (Fsp3) is 0.615. The van der Waals surface area contributed by atoms with E-state index in [-0.39, 0.29) is 30.4 Å². The van der Waals surface area contributed by atoms with E-state index in [2.05, 4.69) is 5.32 Å². The van der Waals surface area contributed by atoms with Crippen molar-refractivity contribution >= 4 is 24.2 Å². The number of hydrogen-bond donors (Lipinski definition) is 2. The van der Waals surface area contributed by atoms with Gasteiger partial charge in [0, 0.05) is 13.0 Å². The number of hydrogen-bond acceptors (Lipinski definition) is 10. The Morgan fingerprint density at radius 2 is 1.41 bits per heavy atom. The maximum Gasteiger partial charge on any atom is 0.514 e. The Morgan fingerprint density at radius 1 is 0.838 bits per heavy atom. The van der Waals surface area contributed by atoms with Crippen molar-refractivity contribution in [1.82, 2.24) is 5.32 Å². The maximum atomic E-state index is 12.1. The highest BCUT2D eigenvalue weighted by Crippen LogP contribution is 2.30. The van der Waals surface area contributed by atoms with E-state index in [1.807, 2.05) is 13.8 Å². The third-order valence-electron chi connectivity index (χ3n) is 4.71. The van der Waals surface area contributed by atoms with Crippen LogP contribution in [0.2, 0.25) is 0 Å². The van der Waals surface area contributed by atoms with E-state index in [4.69, 9.17) is 23.7 Å². The first-order valence-corrected chi connectivity index (χ1v) is 12.3. The minimum absolute atomic E-state index is 0.00431. The van der Waals surface area contributed by atoms with Crippen molar-refractivity contribution in [1.29, 1.82) is 0 Å². The van der Waals surface area contributed by atoms with E-state index in [1.54, 1.807) is 34.6 Å². The molecule has 1 rings (SSSR count). The van der Waals surface area contributed by atoms with Gasteiger partial charge in [-0.1, -0.05) is 19.9 Å². The molecule has 0 saturated heterocycles. The summed E-state index contributed by atoms with van der Waals surface area (Å²) in [6.45, 7) is 12.4. The predicted molar refractivity (Wildman–Crippen MR) is 134 cm³/mol. The molecule has 2 atom stereocenters. The molecule has 0 radical (unpaired) electrons. The molecule has 0 heterocycles. The molecule has 1 aromatic carbocycles. The van der Waals surface area contributed by atoms with Gasteiger partial charge in [-0.05, 0) is 71.1 Å². The second-order valence-corrected chi connectivity index (χ2v) is 9.55. The number of nitrogens with one attached hydrogen (secondary N) is 1. The average molecular weight is 526 g/mol. The summed E-state index contributed by atoms with van der Waals surface area (Å²) in [6, 6.07) is 3.25. The van der Waals surface area contributed by atoms with Crippen molar-refractivity contribution < 1.29 is 48.0 Å². The highest BCUT2D eigenvalue weighted by atomic mass is 16.7. The van der Waals surface area contributed by atoms with Crippen molar-refractivity contribution in [3.05, 3.63) is 23.8 Å². The van der Waals surface area contributed by atoms with Crippen molar-refractivity contribution in [3.8, 4) is 11.5 Å². The Kier molecular flexibility index (Phi) is 13.4. The Hall–Kier alpha value is -3.34. The number of carbonyl (C=O) groups excluding carboxylic acids is 3.